The Balaban J connectivity index is 3.44. The Morgan fingerprint density at radius 3 is 2.20 bits per heavy atom. The number of hydrogen-bond donors (Lipinski definition) is 1. The molecule has 0 fully saturated rings. The van der Waals surface area contributed by atoms with Crippen LogP contribution in [0.2, 0.25) is 19.1 Å². The summed E-state index contributed by atoms with van der Waals surface area (Å²) in [6, 6.07) is 1.15. The molecule has 0 rings (SSSR count). The van der Waals surface area contributed by atoms with Crippen LogP contribution in [0.3, 0.4) is 0 Å². The van der Waals surface area contributed by atoms with Crippen molar-refractivity contribution < 1.29 is 26.9 Å². The summed E-state index contributed by atoms with van der Waals surface area (Å²) in [7, 11) is -3.95. The molecule has 0 aliphatic carbocycles. The molecule has 0 spiro atoms. The van der Waals surface area contributed by atoms with Crippen molar-refractivity contribution >= 4 is 24.4 Å². The molecule has 0 aromatic heterocycles. The summed E-state index contributed by atoms with van der Waals surface area (Å²) >= 11 is 0. The Morgan fingerprint density at radius 2 is 1.65 bits per heavy atom. The van der Waals surface area contributed by atoms with Crippen molar-refractivity contribution in [1.82, 2.24) is 0 Å². The Kier molecular flexibility index (Phi) is 9.28. The van der Waals surface area contributed by atoms with Gasteiger partial charge in [0.05, 0.1) is 6.61 Å². The van der Waals surface area contributed by atoms with E-state index in [-0.39, 0.29) is 6.61 Å². The molecule has 0 saturated heterocycles. The van der Waals surface area contributed by atoms with Gasteiger partial charge in [-0.1, -0.05) is 25.7 Å². The quantitative estimate of drug-likeness (QED) is 0.271. The van der Waals surface area contributed by atoms with Gasteiger partial charge in [-0.15, -0.1) is 0 Å². The maximum absolute atomic E-state index is 11.0. The molecule has 0 aromatic rings. The van der Waals surface area contributed by atoms with Gasteiger partial charge in [-0.25, -0.2) is 0 Å². The van der Waals surface area contributed by atoms with Gasteiger partial charge in [0.25, 0.3) is 10.1 Å². The van der Waals surface area contributed by atoms with E-state index in [4.69, 9.17) is 13.7 Å². The van der Waals surface area contributed by atoms with Crippen molar-refractivity contribution in [3.63, 3.8) is 0 Å². The number of hydrogen-bond acceptors (Lipinski definition) is 5. The van der Waals surface area contributed by atoms with E-state index >= 15 is 0 Å². The van der Waals surface area contributed by atoms with Crippen molar-refractivity contribution in [2.45, 2.75) is 51.2 Å². The largest absolute Gasteiger partial charge is 0.465 e. The van der Waals surface area contributed by atoms with Gasteiger partial charge in [-0.3, -0.25) is 9.35 Å². The van der Waals surface area contributed by atoms with E-state index in [9.17, 15) is 13.2 Å². The highest BCUT2D eigenvalue weighted by Crippen LogP contribution is 2.15. The summed E-state index contributed by atoms with van der Waals surface area (Å²) in [6.45, 7) is 4.59. The highest BCUT2D eigenvalue weighted by molar-refractivity contribution is 7.86. The fourth-order valence-corrected chi connectivity index (χ4v) is 3.35. The van der Waals surface area contributed by atoms with E-state index in [1.165, 1.54) is 0 Å². The molecular formula is C12H26O6SSi. The van der Waals surface area contributed by atoms with Gasteiger partial charge < -0.3 is 9.16 Å². The standard InChI is InChI=1S/C12H26O6SSi/c1-17-20(2,3)10-8-6-4-5-7-9-18-12(13)11-19(14,15)16/h4-11H2,1-3H3,(H,14,15,16). The zero-order valence-electron chi connectivity index (χ0n) is 12.6. The summed E-state index contributed by atoms with van der Waals surface area (Å²) in [4.78, 5) is 11.0. The predicted octanol–water partition coefficient (Wildman–Crippen LogP) is 2.22. The SMILES string of the molecule is CO[Si](C)(C)CCCCCCCOC(=O)CS(=O)(=O)O. The van der Waals surface area contributed by atoms with E-state index < -0.39 is 30.2 Å². The van der Waals surface area contributed by atoms with Gasteiger partial charge in [0.2, 0.25) is 0 Å². The number of unbranched alkanes of at least 4 members (excludes halogenated alkanes) is 4. The number of rotatable bonds is 11. The van der Waals surface area contributed by atoms with Gasteiger partial charge >= 0.3 is 5.97 Å². The van der Waals surface area contributed by atoms with E-state index in [2.05, 4.69) is 13.1 Å². The van der Waals surface area contributed by atoms with Gasteiger partial charge in [0, 0.05) is 7.11 Å². The van der Waals surface area contributed by atoms with E-state index in [1.807, 2.05) is 0 Å². The van der Waals surface area contributed by atoms with Crippen LogP contribution in [0.15, 0.2) is 0 Å². The summed E-state index contributed by atoms with van der Waals surface area (Å²) in [5.74, 6) is -1.87. The normalized spacial score (nSPS) is 12.4. The highest BCUT2D eigenvalue weighted by Gasteiger charge is 2.19. The Labute approximate surface area is 122 Å². The topological polar surface area (TPSA) is 89.9 Å². The Morgan fingerprint density at radius 1 is 1.10 bits per heavy atom. The first kappa shape index (κ1) is 19.6. The summed E-state index contributed by atoms with van der Waals surface area (Å²) in [5.41, 5.74) is 0. The lowest BCUT2D eigenvalue weighted by Gasteiger charge is -2.19. The predicted molar refractivity (Wildman–Crippen MR) is 79.8 cm³/mol. The van der Waals surface area contributed by atoms with Crippen LogP contribution in [0.1, 0.15) is 32.1 Å². The van der Waals surface area contributed by atoms with Gasteiger partial charge in [-0.05, 0) is 25.6 Å². The zero-order chi connectivity index (χ0) is 15.6. The second kappa shape index (κ2) is 9.49. The molecule has 0 radical (unpaired) electrons. The maximum Gasteiger partial charge on any atom is 0.323 e. The van der Waals surface area contributed by atoms with Crippen LogP contribution >= 0.6 is 0 Å². The smallest absolute Gasteiger partial charge is 0.323 e. The lowest BCUT2D eigenvalue weighted by molar-refractivity contribution is -0.140. The molecule has 6 nitrogen and oxygen atoms in total. The van der Waals surface area contributed by atoms with Crippen molar-refractivity contribution in [1.29, 1.82) is 0 Å². The fourth-order valence-electron chi connectivity index (χ4n) is 1.66. The summed E-state index contributed by atoms with van der Waals surface area (Å²) in [5, 5.41) is 0. The van der Waals surface area contributed by atoms with Crippen LogP contribution in [-0.2, 0) is 24.1 Å². The van der Waals surface area contributed by atoms with Crippen LogP contribution < -0.4 is 0 Å². The molecule has 1 N–H and O–H groups in total. The lowest BCUT2D eigenvalue weighted by Crippen LogP contribution is -2.27. The van der Waals surface area contributed by atoms with Crippen molar-refractivity contribution in [2.75, 3.05) is 19.5 Å². The molecule has 0 aliphatic rings. The molecule has 0 amide bonds. The van der Waals surface area contributed by atoms with Crippen LogP contribution in [-0.4, -0.2) is 46.7 Å². The van der Waals surface area contributed by atoms with Crippen molar-refractivity contribution in [3.05, 3.63) is 0 Å². The third-order valence-corrected chi connectivity index (χ3v) is 6.30. The zero-order valence-corrected chi connectivity index (χ0v) is 14.4. The van der Waals surface area contributed by atoms with E-state index in [1.54, 1.807) is 7.11 Å². The minimum Gasteiger partial charge on any atom is -0.465 e. The minimum absolute atomic E-state index is 0.201. The molecular weight excluding hydrogens is 300 g/mol. The van der Waals surface area contributed by atoms with E-state index in [0.29, 0.717) is 6.42 Å². The minimum atomic E-state index is -4.28. The van der Waals surface area contributed by atoms with Gasteiger partial charge in [0.15, 0.2) is 14.1 Å². The van der Waals surface area contributed by atoms with E-state index in [0.717, 1.165) is 31.7 Å². The van der Waals surface area contributed by atoms with Gasteiger partial charge in [-0.2, -0.15) is 8.42 Å². The molecule has 0 aliphatic heterocycles. The monoisotopic (exact) mass is 326 g/mol. The maximum atomic E-state index is 11.0. The second-order valence-electron chi connectivity index (χ2n) is 5.43. The first-order valence-corrected chi connectivity index (χ1v) is 11.5. The highest BCUT2D eigenvalue weighted by atomic mass is 32.2. The van der Waals surface area contributed by atoms with Crippen LogP contribution in [0.5, 0.6) is 0 Å². The number of carbonyl (C=O) groups excluding carboxylic acids is 1. The molecule has 8 heteroatoms. The number of esters is 1. The molecule has 0 aromatic carbocycles. The molecule has 0 saturated carbocycles. The van der Waals surface area contributed by atoms with Crippen LogP contribution in [0.4, 0.5) is 0 Å². The van der Waals surface area contributed by atoms with Crippen LogP contribution in [0.25, 0.3) is 0 Å². The van der Waals surface area contributed by atoms with Gasteiger partial charge in [0.1, 0.15) is 0 Å². The summed E-state index contributed by atoms with van der Waals surface area (Å²) < 4.78 is 39.4. The number of carbonyl (C=O) groups is 1. The lowest BCUT2D eigenvalue weighted by atomic mass is 10.2. The first-order chi connectivity index (χ1) is 9.16. The summed E-state index contributed by atoms with van der Waals surface area (Å²) in [6.07, 6.45) is 4.98. The third-order valence-electron chi connectivity index (χ3n) is 3.04. The Hall–Kier alpha value is -0.443. The second-order valence-corrected chi connectivity index (χ2v) is 11.3. The van der Waals surface area contributed by atoms with Crippen molar-refractivity contribution in [3.8, 4) is 0 Å². The molecule has 0 bridgehead atoms. The molecule has 0 atom stereocenters. The molecule has 120 valence electrons. The molecule has 0 heterocycles. The average molecular weight is 326 g/mol. The number of ether oxygens (including phenoxy) is 1. The fraction of sp³-hybridized carbons (Fsp3) is 0.917. The average Bonchev–Trinajstić information content (AvgIpc) is 2.30. The Bertz CT molecular complexity index is 379. The first-order valence-electron chi connectivity index (χ1n) is 6.82. The molecule has 0 unspecified atom stereocenters. The molecule has 20 heavy (non-hydrogen) atoms. The third kappa shape index (κ3) is 12.6. The van der Waals surface area contributed by atoms with Crippen LogP contribution in [0, 0.1) is 0 Å². The van der Waals surface area contributed by atoms with Crippen molar-refractivity contribution in [2.24, 2.45) is 0 Å².